The number of aliphatic hydroxyl groups is 7. The molecule has 0 spiro atoms. The minimum Gasteiger partial charge on any atom is -0.394 e. The Morgan fingerprint density at radius 2 is 1.08 bits per heavy atom. The number of amides is 1. The standard InChI is InChI=1S/C48H85NO10/c1-3-5-7-9-11-13-15-17-18-19-20-21-22-23-24-26-27-29-31-33-35-40(51)43(53)39(38-58-48-46(56)45(55)44(54)42(37-50)59-48)49-47(57)41(52)36-34-32-30-28-25-16-14-12-10-8-6-4-2/h18-19,22-23,25,27-29,32,34,39-46,48,50-56H,3-17,20-21,24,26,30-31,33,35-38H2,1-2H3,(H,49,57)/b19-18+,23-22+,28-25-,29-27+,34-32-. The predicted molar refractivity (Wildman–Crippen MR) is 238 cm³/mol. The zero-order valence-electron chi connectivity index (χ0n) is 36.7. The lowest BCUT2D eigenvalue weighted by atomic mass is 9.99. The Bertz CT molecular complexity index is 1140. The molecule has 0 bridgehead atoms. The van der Waals surface area contributed by atoms with Gasteiger partial charge in [0.1, 0.15) is 36.6 Å². The van der Waals surface area contributed by atoms with E-state index in [9.17, 15) is 40.5 Å². The predicted octanol–water partition coefficient (Wildman–Crippen LogP) is 7.55. The second-order valence-corrected chi connectivity index (χ2v) is 16.1. The van der Waals surface area contributed by atoms with Gasteiger partial charge in [-0.25, -0.2) is 0 Å². The lowest BCUT2D eigenvalue weighted by Gasteiger charge is -2.40. The van der Waals surface area contributed by atoms with Crippen LogP contribution in [0.5, 0.6) is 0 Å². The van der Waals surface area contributed by atoms with Gasteiger partial charge in [-0.2, -0.15) is 0 Å². The van der Waals surface area contributed by atoms with Crippen LogP contribution in [0.1, 0.15) is 168 Å². The first-order valence-electron chi connectivity index (χ1n) is 23.2. The molecule has 1 fully saturated rings. The largest absolute Gasteiger partial charge is 0.394 e. The van der Waals surface area contributed by atoms with Crippen LogP contribution in [0.2, 0.25) is 0 Å². The van der Waals surface area contributed by atoms with Gasteiger partial charge < -0.3 is 50.5 Å². The number of carbonyl (C=O) groups is 1. The van der Waals surface area contributed by atoms with E-state index in [0.29, 0.717) is 19.3 Å². The van der Waals surface area contributed by atoms with Crippen molar-refractivity contribution in [2.45, 2.75) is 223 Å². The SMILES string of the molecule is CCCCCCCC/C=C\C/C=C\CC(O)C(=O)NC(COC1OC(CO)C(O)C(O)C1O)C(O)C(O)CCC/C=C/CC/C=C/CC/C=C/CCCCCCCCC. The molecular formula is C48H85NO10. The maximum absolute atomic E-state index is 13.0. The summed E-state index contributed by atoms with van der Waals surface area (Å²) in [6, 6.07) is -1.23. The van der Waals surface area contributed by atoms with Crippen molar-refractivity contribution in [1.82, 2.24) is 5.32 Å². The van der Waals surface area contributed by atoms with Crippen molar-refractivity contribution in [2.75, 3.05) is 13.2 Å². The fraction of sp³-hybridized carbons (Fsp3) is 0.771. The normalized spacial score (nSPS) is 22.4. The van der Waals surface area contributed by atoms with Crippen LogP contribution in [0.25, 0.3) is 0 Å². The van der Waals surface area contributed by atoms with Crippen molar-refractivity contribution in [2.24, 2.45) is 0 Å². The zero-order valence-corrected chi connectivity index (χ0v) is 36.7. The van der Waals surface area contributed by atoms with Gasteiger partial charge in [0.2, 0.25) is 5.91 Å². The lowest BCUT2D eigenvalue weighted by molar-refractivity contribution is -0.303. The molecule has 11 nitrogen and oxygen atoms in total. The molecule has 1 rings (SSSR count). The van der Waals surface area contributed by atoms with Gasteiger partial charge in [0.05, 0.1) is 25.4 Å². The van der Waals surface area contributed by atoms with Crippen molar-refractivity contribution >= 4 is 5.91 Å². The van der Waals surface area contributed by atoms with Crippen LogP contribution in [0.15, 0.2) is 60.8 Å². The van der Waals surface area contributed by atoms with E-state index in [-0.39, 0.29) is 12.8 Å². The summed E-state index contributed by atoms with van der Waals surface area (Å²) in [6.07, 6.45) is 34.4. The molecule has 11 heteroatoms. The number of nitrogens with one attached hydrogen (secondary N) is 1. The monoisotopic (exact) mass is 836 g/mol. The smallest absolute Gasteiger partial charge is 0.249 e. The van der Waals surface area contributed by atoms with Crippen molar-refractivity contribution < 1.29 is 50.0 Å². The van der Waals surface area contributed by atoms with Crippen LogP contribution in [0.4, 0.5) is 0 Å². The summed E-state index contributed by atoms with van der Waals surface area (Å²) in [5, 5.41) is 75.4. The Kier molecular flexibility index (Phi) is 34.9. The Hall–Kier alpha value is -2.19. The van der Waals surface area contributed by atoms with Gasteiger partial charge in [0, 0.05) is 6.42 Å². The number of hydrogen-bond acceptors (Lipinski definition) is 10. The van der Waals surface area contributed by atoms with E-state index in [4.69, 9.17) is 9.47 Å². The van der Waals surface area contributed by atoms with E-state index in [2.05, 4.69) is 67.8 Å². The molecule has 59 heavy (non-hydrogen) atoms. The van der Waals surface area contributed by atoms with Gasteiger partial charge in [-0.3, -0.25) is 4.79 Å². The van der Waals surface area contributed by atoms with Gasteiger partial charge in [-0.05, 0) is 77.0 Å². The number of unbranched alkanes of at least 4 members (excludes halogenated alkanes) is 16. The number of carbonyl (C=O) groups excluding carboxylic acids is 1. The van der Waals surface area contributed by atoms with Gasteiger partial charge in [0.15, 0.2) is 6.29 Å². The maximum Gasteiger partial charge on any atom is 0.249 e. The average Bonchev–Trinajstić information content (AvgIpc) is 3.23. The molecule has 1 aliphatic rings. The van der Waals surface area contributed by atoms with E-state index in [1.165, 1.54) is 83.5 Å². The van der Waals surface area contributed by atoms with Crippen molar-refractivity contribution in [1.29, 1.82) is 0 Å². The highest BCUT2D eigenvalue weighted by Gasteiger charge is 2.44. The summed E-state index contributed by atoms with van der Waals surface area (Å²) >= 11 is 0. The highest BCUT2D eigenvalue weighted by molar-refractivity contribution is 5.81. The average molecular weight is 836 g/mol. The van der Waals surface area contributed by atoms with E-state index in [1.54, 1.807) is 6.08 Å². The molecule has 0 aliphatic carbocycles. The minimum atomic E-state index is -1.68. The summed E-state index contributed by atoms with van der Waals surface area (Å²) in [5.41, 5.74) is 0. The molecule has 1 saturated heterocycles. The van der Waals surface area contributed by atoms with Crippen molar-refractivity contribution in [3.63, 3.8) is 0 Å². The Morgan fingerprint density at radius 3 is 1.63 bits per heavy atom. The number of aliphatic hydroxyl groups excluding tert-OH is 7. The van der Waals surface area contributed by atoms with Crippen LogP contribution in [-0.2, 0) is 14.3 Å². The summed E-state index contributed by atoms with van der Waals surface area (Å²) in [5.74, 6) is -0.783. The van der Waals surface area contributed by atoms with Crippen molar-refractivity contribution in [3.05, 3.63) is 60.8 Å². The Balaban J connectivity index is 2.53. The molecule has 342 valence electrons. The molecule has 0 radical (unpaired) electrons. The Morgan fingerprint density at radius 1 is 0.610 bits per heavy atom. The first kappa shape index (κ1) is 54.8. The molecule has 9 atom stereocenters. The second-order valence-electron chi connectivity index (χ2n) is 16.1. The second kappa shape index (κ2) is 37.6. The molecule has 9 unspecified atom stereocenters. The highest BCUT2D eigenvalue weighted by atomic mass is 16.7. The lowest BCUT2D eigenvalue weighted by Crippen LogP contribution is -2.60. The zero-order chi connectivity index (χ0) is 43.4. The van der Waals surface area contributed by atoms with Gasteiger partial charge >= 0.3 is 0 Å². The van der Waals surface area contributed by atoms with Crippen LogP contribution in [0, 0.1) is 0 Å². The quantitative estimate of drug-likeness (QED) is 0.0229. The van der Waals surface area contributed by atoms with E-state index >= 15 is 0 Å². The third-order valence-corrected chi connectivity index (χ3v) is 10.8. The van der Waals surface area contributed by atoms with Crippen LogP contribution >= 0.6 is 0 Å². The molecule has 1 amide bonds. The molecular weight excluding hydrogens is 751 g/mol. The van der Waals surface area contributed by atoms with Crippen LogP contribution < -0.4 is 5.32 Å². The van der Waals surface area contributed by atoms with E-state index in [1.807, 2.05) is 6.08 Å². The molecule has 1 heterocycles. The van der Waals surface area contributed by atoms with E-state index < -0.39 is 74.2 Å². The third kappa shape index (κ3) is 27.4. The Labute approximate surface area is 357 Å². The topological polar surface area (TPSA) is 189 Å². The summed E-state index contributed by atoms with van der Waals surface area (Å²) in [7, 11) is 0. The summed E-state index contributed by atoms with van der Waals surface area (Å²) in [6.45, 7) is 3.34. The number of hydrogen-bond donors (Lipinski definition) is 8. The van der Waals surface area contributed by atoms with Crippen LogP contribution in [-0.4, -0.2) is 110 Å². The highest BCUT2D eigenvalue weighted by Crippen LogP contribution is 2.23. The summed E-state index contributed by atoms with van der Waals surface area (Å²) in [4.78, 5) is 13.0. The molecule has 1 aliphatic heterocycles. The minimum absolute atomic E-state index is 0.0366. The third-order valence-electron chi connectivity index (χ3n) is 10.8. The number of ether oxygens (including phenoxy) is 2. The number of rotatable bonds is 37. The molecule has 0 aromatic carbocycles. The molecule has 0 aromatic rings. The molecule has 0 saturated carbocycles. The first-order valence-corrected chi connectivity index (χ1v) is 23.2. The van der Waals surface area contributed by atoms with Gasteiger partial charge in [-0.15, -0.1) is 0 Å². The fourth-order valence-electron chi connectivity index (χ4n) is 6.87. The fourth-order valence-corrected chi connectivity index (χ4v) is 6.87. The van der Waals surface area contributed by atoms with Crippen molar-refractivity contribution in [3.8, 4) is 0 Å². The first-order chi connectivity index (χ1) is 28.7. The summed E-state index contributed by atoms with van der Waals surface area (Å²) < 4.78 is 11.0. The molecule has 0 aromatic heterocycles. The molecule has 8 N–H and O–H groups in total. The van der Waals surface area contributed by atoms with Gasteiger partial charge in [-0.1, -0.05) is 145 Å². The van der Waals surface area contributed by atoms with Crippen LogP contribution in [0.3, 0.4) is 0 Å². The number of allylic oxidation sites excluding steroid dienone is 9. The van der Waals surface area contributed by atoms with E-state index in [0.717, 1.165) is 38.5 Å². The maximum atomic E-state index is 13.0. The van der Waals surface area contributed by atoms with Gasteiger partial charge in [0.25, 0.3) is 0 Å².